The number of hydrogen-bond acceptors (Lipinski definition) is 4. The Balaban J connectivity index is 3.07. The highest BCUT2D eigenvalue weighted by molar-refractivity contribution is 5.88. The molecule has 1 aromatic heterocycles. The molecule has 4 nitrogen and oxygen atoms in total. The number of hydrogen-bond donors (Lipinski definition) is 0. The maximum Gasteiger partial charge on any atom is 0.337 e. The number of nitrogens with zero attached hydrogens (tertiary/aromatic N) is 2. The molecular weight excluding hydrogens is 192 g/mol. The Morgan fingerprint density at radius 3 is 2.53 bits per heavy atom. The van der Waals surface area contributed by atoms with Gasteiger partial charge in [-0.25, -0.2) is 4.79 Å². The fraction of sp³-hybridized carbons (Fsp3) is 0. The van der Waals surface area contributed by atoms with Crippen LogP contribution in [0.25, 0.3) is 11.0 Å². The molecule has 0 atom stereocenters. The lowest BCUT2D eigenvalue weighted by atomic mass is 10.1. The summed E-state index contributed by atoms with van der Waals surface area (Å²) in [6.07, 6.45) is 0. The van der Waals surface area contributed by atoms with E-state index in [1.165, 1.54) is 0 Å². The van der Waals surface area contributed by atoms with Crippen molar-refractivity contribution in [2.75, 3.05) is 0 Å². The van der Waals surface area contributed by atoms with Crippen LogP contribution in [0.3, 0.4) is 0 Å². The van der Waals surface area contributed by atoms with E-state index in [2.05, 4.69) is 0 Å². The number of rotatable bonds is 0. The van der Waals surface area contributed by atoms with E-state index in [1.54, 1.807) is 18.2 Å². The SMILES string of the molecule is N#Cc1cccc2oc(=O)cc(C#N)c12. The van der Waals surface area contributed by atoms with E-state index in [1.807, 2.05) is 12.1 Å². The van der Waals surface area contributed by atoms with Crippen molar-refractivity contribution in [2.45, 2.75) is 0 Å². The van der Waals surface area contributed by atoms with Crippen LogP contribution in [0.1, 0.15) is 11.1 Å². The first-order valence-electron chi connectivity index (χ1n) is 4.13. The molecule has 15 heavy (non-hydrogen) atoms. The minimum absolute atomic E-state index is 0.165. The van der Waals surface area contributed by atoms with E-state index in [0.717, 1.165) is 6.07 Å². The van der Waals surface area contributed by atoms with E-state index in [4.69, 9.17) is 14.9 Å². The summed E-state index contributed by atoms with van der Waals surface area (Å²) in [5.74, 6) is 0. The molecule has 1 heterocycles. The Labute approximate surface area is 84.6 Å². The molecule has 70 valence electrons. The van der Waals surface area contributed by atoms with Crippen LogP contribution in [0.15, 0.2) is 33.5 Å². The third-order valence-electron chi connectivity index (χ3n) is 2.01. The van der Waals surface area contributed by atoms with E-state index in [0.29, 0.717) is 10.9 Å². The Morgan fingerprint density at radius 2 is 1.87 bits per heavy atom. The van der Waals surface area contributed by atoms with Gasteiger partial charge in [0.2, 0.25) is 0 Å². The molecular formula is C11H4N2O2. The molecule has 0 aliphatic carbocycles. The van der Waals surface area contributed by atoms with Gasteiger partial charge in [-0.05, 0) is 12.1 Å². The normalized spacial score (nSPS) is 9.47. The molecule has 0 aliphatic rings. The number of benzene rings is 1. The van der Waals surface area contributed by atoms with Crippen molar-refractivity contribution in [3.05, 3.63) is 45.8 Å². The fourth-order valence-corrected chi connectivity index (χ4v) is 1.40. The molecule has 0 N–H and O–H groups in total. The Hall–Kier alpha value is -2.59. The Bertz CT molecular complexity index is 672. The van der Waals surface area contributed by atoms with Crippen molar-refractivity contribution >= 4 is 11.0 Å². The van der Waals surface area contributed by atoms with Crippen LogP contribution in [0, 0.1) is 22.7 Å². The topological polar surface area (TPSA) is 77.8 Å². The van der Waals surface area contributed by atoms with Crippen molar-refractivity contribution in [1.82, 2.24) is 0 Å². The van der Waals surface area contributed by atoms with E-state index >= 15 is 0 Å². The molecule has 0 saturated heterocycles. The summed E-state index contributed by atoms with van der Waals surface area (Å²) in [6.45, 7) is 0. The smallest absolute Gasteiger partial charge is 0.337 e. The Kier molecular flexibility index (Phi) is 1.97. The molecule has 2 rings (SSSR count). The second-order valence-electron chi connectivity index (χ2n) is 2.88. The van der Waals surface area contributed by atoms with Gasteiger partial charge < -0.3 is 4.42 Å². The van der Waals surface area contributed by atoms with E-state index in [-0.39, 0.29) is 11.1 Å². The monoisotopic (exact) mass is 196 g/mol. The summed E-state index contributed by atoms with van der Waals surface area (Å²) < 4.78 is 4.89. The van der Waals surface area contributed by atoms with Crippen molar-refractivity contribution in [3.63, 3.8) is 0 Å². The zero-order valence-electron chi connectivity index (χ0n) is 7.52. The van der Waals surface area contributed by atoms with Gasteiger partial charge in [-0.15, -0.1) is 0 Å². The van der Waals surface area contributed by atoms with Gasteiger partial charge >= 0.3 is 5.63 Å². The highest BCUT2D eigenvalue weighted by Gasteiger charge is 2.08. The first-order valence-corrected chi connectivity index (χ1v) is 4.13. The number of fused-ring (bicyclic) bond motifs is 1. The fourth-order valence-electron chi connectivity index (χ4n) is 1.40. The van der Waals surface area contributed by atoms with Gasteiger partial charge in [0.15, 0.2) is 0 Å². The maximum atomic E-state index is 11.1. The molecule has 4 heteroatoms. The lowest BCUT2D eigenvalue weighted by Crippen LogP contribution is -1.99. The molecule has 0 spiro atoms. The van der Waals surface area contributed by atoms with Crippen molar-refractivity contribution in [2.24, 2.45) is 0 Å². The zero-order valence-corrected chi connectivity index (χ0v) is 7.52. The average Bonchev–Trinajstić information content (AvgIpc) is 2.26. The third-order valence-corrected chi connectivity index (χ3v) is 2.01. The van der Waals surface area contributed by atoms with Crippen LogP contribution in [-0.2, 0) is 0 Å². The van der Waals surface area contributed by atoms with Crippen LogP contribution in [-0.4, -0.2) is 0 Å². The van der Waals surface area contributed by atoms with Gasteiger partial charge in [0.1, 0.15) is 11.7 Å². The number of nitriles is 2. The molecule has 0 saturated carbocycles. The summed E-state index contributed by atoms with van der Waals surface area (Å²) in [7, 11) is 0. The van der Waals surface area contributed by atoms with E-state index < -0.39 is 5.63 Å². The summed E-state index contributed by atoms with van der Waals surface area (Å²) in [5, 5.41) is 18.1. The lowest BCUT2D eigenvalue weighted by Gasteiger charge is -1.99. The zero-order chi connectivity index (χ0) is 10.8. The van der Waals surface area contributed by atoms with E-state index in [9.17, 15) is 4.79 Å². The second kappa shape index (κ2) is 3.28. The van der Waals surface area contributed by atoms with Gasteiger partial charge in [0, 0.05) is 6.07 Å². The summed E-state index contributed by atoms with van der Waals surface area (Å²) >= 11 is 0. The molecule has 0 bridgehead atoms. The first-order chi connectivity index (χ1) is 7.26. The molecule has 0 amide bonds. The second-order valence-corrected chi connectivity index (χ2v) is 2.88. The van der Waals surface area contributed by atoms with Crippen molar-refractivity contribution in [3.8, 4) is 12.1 Å². The van der Waals surface area contributed by atoms with Gasteiger partial charge in [-0.1, -0.05) is 6.07 Å². The first kappa shape index (κ1) is 8.98. The highest BCUT2D eigenvalue weighted by Crippen LogP contribution is 2.20. The van der Waals surface area contributed by atoms with Gasteiger partial charge in [-0.2, -0.15) is 10.5 Å². The summed E-state index contributed by atoms with van der Waals surface area (Å²) in [5.41, 5.74) is 0.165. The van der Waals surface area contributed by atoms with Gasteiger partial charge in [0.25, 0.3) is 0 Å². The largest absolute Gasteiger partial charge is 0.423 e. The van der Waals surface area contributed by atoms with Crippen LogP contribution in [0.4, 0.5) is 0 Å². The standard InChI is InChI=1S/C11H4N2O2/c12-5-7-2-1-3-9-11(7)8(6-13)4-10(14)15-9/h1-4H. The van der Waals surface area contributed by atoms with Gasteiger partial charge in [-0.3, -0.25) is 0 Å². The van der Waals surface area contributed by atoms with Crippen LogP contribution in [0.2, 0.25) is 0 Å². The van der Waals surface area contributed by atoms with Gasteiger partial charge in [0.05, 0.1) is 22.6 Å². The molecule has 0 radical (unpaired) electrons. The highest BCUT2D eigenvalue weighted by atomic mass is 16.4. The van der Waals surface area contributed by atoms with Crippen LogP contribution in [0.5, 0.6) is 0 Å². The maximum absolute atomic E-state index is 11.1. The minimum atomic E-state index is -0.589. The van der Waals surface area contributed by atoms with Crippen molar-refractivity contribution in [1.29, 1.82) is 10.5 Å². The Morgan fingerprint density at radius 1 is 1.13 bits per heavy atom. The summed E-state index contributed by atoms with van der Waals surface area (Å²) in [4.78, 5) is 11.1. The predicted molar refractivity (Wildman–Crippen MR) is 51.9 cm³/mol. The lowest BCUT2D eigenvalue weighted by molar-refractivity contribution is 0.560. The molecule has 0 aliphatic heterocycles. The van der Waals surface area contributed by atoms with Crippen LogP contribution >= 0.6 is 0 Å². The quantitative estimate of drug-likeness (QED) is 0.598. The summed E-state index contributed by atoms with van der Waals surface area (Å²) in [6, 6.07) is 9.64. The molecule has 1 aromatic carbocycles. The van der Waals surface area contributed by atoms with Crippen molar-refractivity contribution < 1.29 is 4.42 Å². The third kappa shape index (κ3) is 1.34. The minimum Gasteiger partial charge on any atom is -0.423 e. The molecule has 0 fully saturated rings. The predicted octanol–water partition coefficient (Wildman–Crippen LogP) is 1.54. The average molecular weight is 196 g/mol. The molecule has 0 unspecified atom stereocenters. The van der Waals surface area contributed by atoms with Crippen LogP contribution < -0.4 is 5.63 Å². The molecule has 2 aromatic rings.